The topological polar surface area (TPSA) is 38.1 Å². The SMILES string of the molecule is Cc1cc(Cl)ccc1C1c2c(nc(Br)n2C(C)C)CC(=O)N1c1cc(Cl)ccc1C. The fourth-order valence-electron chi connectivity index (χ4n) is 4.21. The van der Waals surface area contributed by atoms with Gasteiger partial charge in [0.25, 0.3) is 0 Å². The molecule has 0 N–H and O–H groups in total. The lowest BCUT2D eigenvalue weighted by Crippen LogP contribution is -2.42. The Hall–Kier alpha value is -1.82. The van der Waals surface area contributed by atoms with Crippen molar-refractivity contribution in [2.24, 2.45) is 0 Å². The van der Waals surface area contributed by atoms with Gasteiger partial charge in [0.05, 0.1) is 17.8 Å². The maximum Gasteiger partial charge on any atom is 0.233 e. The van der Waals surface area contributed by atoms with Crippen LogP contribution >= 0.6 is 39.1 Å². The van der Waals surface area contributed by atoms with E-state index in [2.05, 4.69) is 34.3 Å². The first kappa shape index (κ1) is 21.4. The van der Waals surface area contributed by atoms with Crippen molar-refractivity contribution in [2.45, 2.75) is 46.2 Å². The second kappa shape index (κ2) is 8.03. The van der Waals surface area contributed by atoms with Gasteiger partial charge in [-0.1, -0.05) is 35.3 Å². The zero-order valence-corrected chi connectivity index (χ0v) is 20.3. The summed E-state index contributed by atoms with van der Waals surface area (Å²) in [4.78, 5) is 20.0. The largest absolute Gasteiger partial charge is 0.318 e. The molecule has 1 aromatic heterocycles. The molecule has 4 nitrogen and oxygen atoms in total. The summed E-state index contributed by atoms with van der Waals surface area (Å²) in [5, 5.41) is 1.27. The Bertz CT molecular complexity index is 1160. The van der Waals surface area contributed by atoms with Gasteiger partial charge < -0.3 is 4.57 Å². The minimum absolute atomic E-state index is 0.00637. The molecule has 1 aliphatic rings. The molecule has 0 spiro atoms. The average molecular weight is 507 g/mol. The summed E-state index contributed by atoms with van der Waals surface area (Å²) in [7, 11) is 0. The number of fused-ring (bicyclic) bond motifs is 1. The summed E-state index contributed by atoms with van der Waals surface area (Å²) in [6.07, 6.45) is 0.239. The first-order chi connectivity index (χ1) is 14.2. The van der Waals surface area contributed by atoms with Gasteiger partial charge in [0.15, 0.2) is 4.73 Å². The van der Waals surface area contributed by atoms with Gasteiger partial charge in [-0.25, -0.2) is 4.98 Å². The number of hydrogen-bond acceptors (Lipinski definition) is 2. The van der Waals surface area contributed by atoms with Crippen LogP contribution in [0.1, 0.15) is 54.0 Å². The molecule has 7 heteroatoms. The Morgan fingerprint density at radius 3 is 2.40 bits per heavy atom. The lowest BCUT2D eigenvalue weighted by atomic mass is 9.90. The van der Waals surface area contributed by atoms with E-state index in [1.165, 1.54) is 0 Å². The Kier molecular flexibility index (Phi) is 5.73. The van der Waals surface area contributed by atoms with Crippen molar-refractivity contribution in [2.75, 3.05) is 4.90 Å². The van der Waals surface area contributed by atoms with Crippen LogP contribution in [0.4, 0.5) is 5.69 Å². The van der Waals surface area contributed by atoms with Gasteiger partial charge in [-0.15, -0.1) is 0 Å². The lowest BCUT2D eigenvalue weighted by Gasteiger charge is -2.38. The molecule has 2 heterocycles. The predicted molar refractivity (Wildman–Crippen MR) is 126 cm³/mol. The molecule has 0 saturated heterocycles. The van der Waals surface area contributed by atoms with E-state index in [1.54, 1.807) is 0 Å². The normalized spacial score (nSPS) is 16.3. The molecule has 0 fully saturated rings. The number of carbonyl (C=O) groups excluding carboxylic acids is 1. The van der Waals surface area contributed by atoms with Crippen LogP contribution in [-0.2, 0) is 11.2 Å². The number of imidazole rings is 1. The van der Waals surface area contributed by atoms with Crippen LogP contribution in [0.5, 0.6) is 0 Å². The molecule has 3 aromatic rings. The first-order valence-electron chi connectivity index (χ1n) is 9.79. The van der Waals surface area contributed by atoms with Crippen molar-refractivity contribution < 1.29 is 4.79 Å². The smallest absolute Gasteiger partial charge is 0.233 e. The number of anilines is 1. The van der Waals surface area contributed by atoms with Crippen LogP contribution in [-0.4, -0.2) is 15.5 Å². The molecule has 0 bridgehead atoms. The van der Waals surface area contributed by atoms with Crippen molar-refractivity contribution >= 4 is 50.7 Å². The Morgan fingerprint density at radius 1 is 1.07 bits per heavy atom. The summed E-state index contributed by atoms with van der Waals surface area (Å²) in [5.41, 5.74) is 5.65. The second-order valence-corrected chi connectivity index (χ2v) is 9.53. The molecule has 1 aliphatic heterocycles. The van der Waals surface area contributed by atoms with Crippen LogP contribution in [0, 0.1) is 13.8 Å². The molecule has 1 atom stereocenters. The minimum atomic E-state index is -0.336. The predicted octanol–water partition coefficient (Wildman–Crippen LogP) is 6.83. The van der Waals surface area contributed by atoms with Crippen LogP contribution in [0.25, 0.3) is 0 Å². The highest BCUT2D eigenvalue weighted by molar-refractivity contribution is 9.10. The van der Waals surface area contributed by atoms with E-state index in [0.29, 0.717) is 10.0 Å². The number of aryl methyl sites for hydroxylation is 2. The van der Waals surface area contributed by atoms with Gasteiger partial charge in [0.2, 0.25) is 5.91 Å². The summed E-state index contributed by atoms with van der Waals surface area (Å²) in [6.45, 7) is 8.25. The van der Waals surface area contributed by atoms with Gasteiger partial charge >= 0.3 is 0 Å². The minimum Gasteiger partial charge on any atom is -0.318 e. The molecule has 0 radical (unpaired) electrons. The molecular formula is C23H22BrCl2N3O. The Labute approximate surface area is 194 Å². The highest BCUT2D eigenvalue weighted by atomic mass is 79.9. The third-order valence-electron chi connectivity index (χ3n) is 5.56. The number of hydrogen-bond donors (Lipinski definition) is 0. The lowest BCUT2D eigenvalue weighted by molar-refractivity contribution is -0.118. The summed E-state index contributed by atoms with van der Waals surface area (Å²) in [5.74, 6) is -0.00637. The number of nitrogens with zero attached hydrogens (tertiary/aromatic N) is 3. The van der Waals surface area contributed by atoms with Crippen LogP contribution < -0.4 is 4.90 Å². The van der Waals surface area contributed by atoms with E-state index in [0.717, 1.165) is 38.5 Å². The van der Waals surface area contributed by atoms with Gasteiger partial charge in [-0.3, -0.25) is 9.69 Å². The molecule has 1 unspecified atom stereocenters. The van der Waals surface area contributed by atoms with Crippen molar-refractivity contribution in [3.8, 4) is 0 Å². The Morgan fingerprint density at radius 2 is 1.73 bits per heavy atom. The summed E-state index contributed by atoms with van der Waals surface area (Å²) >= 11 is 16.2. The van der Waals surface area contributed by atoms with E-state index in [1.807, 2.05) is 55.1 Å². The fraction of sp³-hybridized carbons (Fsp3) is 0.304. The number of amides is 1. The van der Waals surface area contributed by atoms with E-state index in [9.17, 15) is 4.79 Å². The molecule has 1 amide bonds. The van der Waals surface area contributed by atoms with E-state index in [-0.39, 0.29) is 24.4 Å². The maximum atomic E-state index is 13.5. The number of aromatic nitrogens is 2. The van der Waals surface area contributed by atoms with Crippen molar-refractivity contribution in [1.82, 2.24) is 9.55 Å². The summed E-state index contributed by atoms with van der Waals surface area (Å²) < 4.78 is 2.89. The summed E-state index contributed by atoms with van der Waals surface area (Å²) in [6, 6.07) is 11.3. The maximum absolute atomic E-state index is 13.5. The average Bonchev–Trinajstić information content (AvgIpc) is 2.99. The fourth-order valence-corrected chi connectivity index (χ4v) is 5.42. The molecular weight excluding hydrogens is 485 g/mol. The van der Waals surface area contributed by atoms with Crippen molar-refractivity contribution in [1.29, 1.82) is 0 Å². The van der Waals surface area contributed by atoms with Gasteiger partial charge in [-0.05, 0) is 84.6 Å². The van der Waals surface area contributed by atoms with Crippen LogP contribution in [0.15, 0.2) is 41.1 Å². The van der Waals surface area contributed by atoms with E-state index >= 15 is 0 Å². The highest BCUT2D eigenvalue weighted by Crippen LogP contribution is 2.43. The molecule has 0 aliphatic carbocycles. The first-order valence-corrected chi connectivity index (χ1v) is 11.3. The number of benzene rings is 2. The second-order valence-electron chi connectivity index (χ2n) is 7.95. The third-order valence-corrected chi connectivity index (χ3v) is 6.59. The third kappa shape index (κ3) is 3.57. The van der Waals surface area contributed by atoms with E-state index < -0.39 is 0 Å². The Balaban J connectivity index is 2.05. The van der Waals surface area contributed by atoms with Crippen LogP contribution in [0.3, 0.4) is 0 Å². The molecule has 30 heavy (non-hydrogen) atoms. The highest BCUT2D eigenvalue weighted by Gasteiger charge is 2.40. The number of halogens is 3. The monoisotopic (exact) mass is 505 g/mol. The van der Waals surface area contributed by atoms with E-state index in [4.69, 9.17) is 28.2 Å². The number of rotatable bonds is 3. The quantitative estimate of drug-likeness (QED) is 0.390. The molecule has 2 aromatic carbocycles. The van der Waals surface area contributed by atoms with Gasteiger partial charge in [0, 0.05) is 21.8 Å². The number of carbonyl (C=O) groups is 1. The van der Waals surface area contributed by atoms with Crippen molar-refractivity contribution in [3.63, 3.8) is 0 Å². The molecule has 0 saturated carbocycles. The van der Waals surface area contributed by atoms with Gasteiger partial charge in [0.1, 0.15) is 6.04 Å². The molecule has 156 valence electrons. The zero-order chi connectivity index (χ0) is 21.7. The van der Waals surface area contributed by atoms with Crippen molar-refractivity contribution in [3.05, 3.63) is 79.3 Å². The molecule has 4 rings (SSSR count). The zero-order valence-electron chi connectivity index (χ0n) is 17.2. The standard InChI is InChI=1S/C23H22BrCl2N3O/c1-12(2)28-22-18(27-23(28)24)11-20(30)29(19-10-16(26)6-5-13(19)3)21(22)17-8-7-15(25)9-14(17)4/h5-10,12,21H,11H2,1-4H3. The van der Waals surface area contributed by atoms with Gasteiger partial charge in [-0.2, -0.15) is 0 Å². The van der Waals surface area contributed by atoms with Crippen LogP contribution in [0.2, 0.25) is 10.0 Å².